The van der Waals surface area contributed by atoms with Gasteiger partial charge in [-0.25, -0.2) is 0 Å². The van der Waals surface area contributed by atoms with E-state index < -0.39 is 0 Å². The molecule has 1 nitrogen and oxygen atoms in total. The van der Waals surface area contributed by atoms with Crippen LogP contribution in [0.15, 0.2) is 12.2 Å². The summed E-state index contributed by atoms with van der Waals surface area (Å²) in [5.74, 6) is 0. The average Bonchev–Trinajstić information content (AvgIpc) is 1.82. The van der Waals surface area contributed by atoms with E-state index >= 15 is 0 Å². The lowest BCUT2D eigenvalue weighted by Crippen LogP contribution is -2.37. The zero-order chi connectivity index (χ0) is 9.19. The van der Waals surface area contributed by atoms with Crippen molar-refractivity contribution in [2.45, 2.75) is 33.6 Å². The second kappa shape index (κ2) is 3.61. The number of likely N-dealkylation sites (tertiary alicyclic amines) is 1. The van der Waals surface area contributed by atoms with E-state index in [1.54, 1.807) is 0 Å². The highest BCUT2D eigenvalue weighted by Crippen LogP contribution is 2.20. The molecule has 0 amide bonds. The summed E-state index contributed by atoms with van der Waals surface area (Å²) in [6.07, 6.45) is 2.54. The first-order valence-corrected chi connectivity index (χ1v) is 4.86. The summed E-state index contributed by atoms with van der Waals surface area (Å²) < 4.78 is 0. The van der Waals surface area contributed by atoms with Crippen molar-refractivity contribution in [1.29, 1.82) is 0 Å². The number of hydrogen-bond acceptors (Lipinski definition) is 1. The minimum Gasteiger partial charge on any atom is -0.299 e. The summed E-state index contributed by atoms with van der Waals surface area (Å²) in [7, 11) is 0. The Bertz CT molecular complexity index is 164. The summed E-state index contributed by atoms with van der Waals surface area (Å²) >= 11 is 0. The molecule has 1 saturated heterocycles. The lowest BCUT2D eigenvalue weighted by atomic mass is 9.94. The van der Waals surface area contributed by atoms with Gasteiger partial charge in [-0.1, -0.05) is 32.9 Å². The molecule has 0 aliphatic carbocycles. The lowest BCUT2D eigenvalue weighted by Gasteiger charge is -2.33. The van der Waals surface area contributed by atoms with Crippen molar-refractivity contribution in [3.63, 3.8) is 0 Å². The Hall–Kier alpha value is -0.300. The summed E-state index contributed by atoms with van der Waals surface area (Å²) in [6, 6.07) is 0. The van der Waals surface area contributed by atoms with Crippen LogP contribution < -0.4 is 0 Å². The maximum Gasteiger partial charge on any atom is 0.0190 e. The largest absolute Gasteiger partial charge is 0.299 e. The van der Waals surface area contributed by atoms with Crippen molar-refractivity contribution >= 4 is 0 Å². The van der Waals surface area contributed by atoms with E-state index in [4.69, 9.17) is 0 Å². The number of piperidine rings is 1. The van der Waals surface area contributed by atoms with Crippen LogP contribution in [0.5, 0.6) is 0 Å². The fourth-order valence-electron chi connectivity index (χ4n) is 1.83. The Morgan fingerprint density at radius 3 is 2.58 bits per heavy atom. The van der Waals surface area contributed by atoms with E-state index in [0.717, 1.165) is 6.54 Å². The number of hydrogen-bond donors (Lipinski definition) is 0. The second-order valence-corrected chi connectivity index (χ2v) is 5.12. The Balaban J connectivity index is 2.37. The first kappa shape index (κ1) is 9.79. The maximum atomic E-state index is 4.05. The predicted octanol–water partition coefficient (Wildman–Crippen LogP) is 2.68. The first-order valence-electron chi connectivity index (χ1n) is 4.86. The summed E-state index contributed by atoms with van der Waals surface area (Å²) in [4.78, 5) is 2.52. The van der Waals surface area contributed by atoms with E-state index in [-0.39, 0.29) is 0 Å². The van der Waals surface area contributed by atoms with Gasteiger partial charge in [0.1, 0.15) is 0 Å². The standard InChI is InChI=1S/C11H21N/c1-10-6-5-7-12(8-10)9-11(2,3)4/h1,5-9H2,2-4H3. The van der Waals surface area contributed by atoms with Gasteiger partial charge >= 0.3 is 0 Å². The van der Waals surface area contributed by atoms with Crippen LogP contribution in [0.1, 0.15) is 33.6 Å². The van der Waals surface area contributed by atoms with E-state index in [1.165, 1.54) is 31.5 Å². The lowest BCUT2D eigenvalue weighted by molar-refractivity contribution is 0.187. The van der Waals surface area contributed by atoms with Gasteiger partial charge in [0.25, 0.3) is 0 Å². The highest BCUT2D eigenvalue weighted by molar-refractivity contribution is 5.00. The minimum absolute atomic E-state index is 0.428. The molecule has 0 N–H and O–H groups in total. The molecule has 0 aromatic carbocycles. The summed E-state index contributed by atoms with van der Waals surface area (Å²) in [6.45, 7) is 14.5. The quantitative estimate of drug-likeness (QED) is 0.543. The van der Waals surface area contributed by atoms with E-state index in [9.17, 15) is 0 Å². The van der Waals surface area contributed by atoms with Crippen LogP contribution in [0.3, 0.4) is 0 Å². The van der Waals surface area contributed by atoms with Crippen molar-refractivity contribution < 1.29 is 0 Å². The molecule has 1 fully saturated rings. The van der Waals surface area contributed by atoms with Gasteiger partial charge in [0.15, 0.2) is 0 Å². The highest BCUT2D eigenvalue weighted by Gasteiger charge is 2.19. The van der Waals surface area contributed by atoms with E-state index in [2.05, 4.69) is 32.3 Å². The monoisotopic (exact) mass is 167 g/mol. The van der Waals surface area contributed by atoms with E-state index in [0.29, 0.717) is 5.41 Å². The van der Waals surface area contributed by atoms with E-state index in [1.807, 2.05) is 0 Å². The molecule has 1 heterocycles. The van der Waals surface area contributed by atoms with Gasteiger partial charge in [-0.3, -0.25) is 4.90 Å². The SMILES string of the molecule is C=C1CCCN(CC(C)(C)C)C1. The van der Waals surface area contributed by atoms with Crippen LogP contribution in [-0.2, 0) is 0 Å². The van der Waals surface area contributed by atoms with Crippen LogP contribution in [0.2, 0.25) is 0 Å². The molecule has 0 bridgehead atoms. The predicted molar refractivity (Wildman–Crippen MR) is 54.3 cm³/mol. The fourth-order valence-corrected chi connectivity index (χ4v) is 1.83. The third kappa shape index (κ3) is 3.40. The van der Waals surface area contributed by atoms with Crippen LogP contribution >= 0.6 is 0 Å². The third-order valence-electron chi connectivity index (χ3n) is 2.15. The van der Waals surface area contributed by atoms with Crippen LogP contribution in [-0.4, -0.2) is 24.5 Å². The Labute approximate surface area is 76.5 Å². The molecule has 0 aromatic heterocycles. The summed E-state index contributed by atoms with van der Waals surface area (Å²) in [5, 5.41) is 0. The molecule has 1 aliphatic heterocycles. The fraction of sp³-hybridized carbons (Fsp3) is 0.818. The normalized spacial score (nSPS) is 21.4. The van der Waals surface area contributed by atoms with Gasteiger partial charge in [-0.15, -0.1) is 0 Å². The van der Waals surface area contributed by atoms with Gasteiger partial charge in [0.2, 0.25) is 0 Å². The number of nitrogens with zero attached hydrogens (tertiary/aromatic N) is 1. The Kier molecular flexibility index (Phi) is 2.94. The van der Waals surface area contributed by atoms with Crippen molar-refractivity contribution in [2.24, 2.45) is 5.41 Å². The molecule has 0 radical (unpaired) electrons. The zero-order valence-electron chi connectivity index (χ0n) is 8.69. The molecule has 12 heavy (non-hydrogen) atoms. The molecular formula is C11H21N. The average molecular weight is 167 g/mol. The molecule has 0 atom stereocenters. The molecule has 70 valence electrons. The van der Waals surface area contributed by atoms with Crippen molar-refractivity contribution in [2.75, 3.05) is 19.6 Å². The van der Waals surface area contributed by atoms with Crippen LogP contribution in [0, 0.1) is 5.41 Å². The van der Waals surface area contributed by atoms with Crippen LogP contribution in [0.4, 0.5) is 0 Å². The molecule has 0 saturated carbocycles. The molecular weight excluding hydrogens is 146 g/mol. The van der Waals surface area contributed by atoms with Crippen molar-refractivity contribution in [3.8, 4) is 0 Å². The molecule has 0 aromatic rings. The molecule has 0 unspecified atom stereocenters. The topological polar surface area (TPSA) is 3.24 Å². The van der Waals surface area contributed by atoms with Crippen LogP contribution in [0.25, 0.3) is 0 Å². The molecule has 1 heteroatoms. The molecule has 1 aliphatic rings. The Morgan fingerprint density at radius 2 is 2.08 bits per heavy atom. The minimum atomic E-state index is 0.428. The highest BCUT2D eigenvalue weighted by atomic mass is 15.1. The number of rotatable bonds is 1. The van der Waals surface area contributed by atoms with Gasteiger partial charge in [-0.2, -0.15) is 0 Å². The second-order valence-electron chi connectivity index (χ2n) is 5.12. The zero-order valence-corrected chi connectivity index (χ0v) is 8.69. The Morgan fingerprint density at radius 1 is 1.42 bits per heavy atom. The maximum absolute atomic E-state index is 4.05. The molecule has 0 spiro atoms. The third-order valence-corrected chi connectivity index (χ3v) is 2.15. The molecule has 1 rings (SSSR count). The van der Waals surface area contributed by atoms with Gasteiger partial charge in [0, 0.05) is 13.1 Å². The van der Waals surface area contributed by atoms with Gasteiger partial charge in [-0.05, 0) is 24.8 Å². The smallest absolute Gasteiger partial charge is 0.0190 e. The summed E-state index contributed by atoms with van der Waals surface area (Å²) in [5.41, 5.74) is 1.84. The first-order chi connectivity index (χ1) is 5.47. The van der Waals surface area contributed by atoms with Crippen molar-refractivity contribution in [1.82, 2.24) is 4.90 Å². The van der Waals surface area contributed by atoms with Gasteiger partial charge in [0.05, 0.1) is 0 Å². The van der Waals surface area contributed by atoms with Gasteiger partial charge < -0.3 is 0 Å². The van der Waals surface area contributed by atoms with Crippen molar-refractivity contribution in [3.05, 3.63) is 12.2 Å².